The Morgan fingerprint density at radius 1 is 1.25 bits per heavy atom. The summed E-state index contributed by atoms with van der Waals surface area (Å²) in [6.07, 6.45) is 6.57. The number of carbonyl (C=O) groups is 2. The van der Waals surface area contributed by atoms with Crippen LogP contribution < -0.4 is 10.9 Å². The van der Waals surface area contributed by atoms with Crippen molar-refractivity contribution in [1.29, 1.82) is 0 Å². The lowest BCUT2D eigenvalue weighted by atomic mass is 9.89. The third kappa shape index (κ3) is 5.18. The van der Waals surface area contributed by atoms with Crippen molar-refractivity contribution >= 4 is 22.8 Å². The maximum Gasteiger partial charge on any atom is 0.308 e. The first-order chi connectivity index (χ1) is 13.5. The van der Waals surface area contributed by atoms with Gasteiger partial charge < -0.3 is 10.1 Å². The number of nitrogens with zero attached hydrogens (tertiary/aromatic N) is 2. The molecular formula is C21H27N3O4. The molecule has 1 heterocycles. The number of aromatic nitrogens is 2. The fourth-order valence-corrected chi connectivity index (χ4v) is 3.57. The Morgan fingerprint density at radius 2 is 2.00 bits per heavy atom. The predicted molar refractivity (Wildman–Crippen MR) is 106 cm³/mol. The SMILES string of the molecule is CC(OC(=O)CCn1cnc2ccccc2c1=O)C(=O)NCC1CCCCC1. The number of esters is 1. The van der Waals surface area contributed by atoms with E-state index < -0.39 is 12.1 Å². The quantitative estimate of drug-likeness (QED) is 0.739. The monoisotopic (exact) mass is 385 g/mol. The van der Waals surface area contributed by atoms with Crippen molar-refractivity contribution in [1.82, 2.24) is 14.9 Å². The second-order valence-electron chi connectivity index (χ2n) is 7.39. The Kier molecular flexibility index (Phi) is 6.79. The van der Waals surface area contributed by atoms with E-state index >= 15 is 0 Å². The summed E-state index contributed by atoms with van der Waals surface area (Å²) in [5.74, 6) is -0.267. The van der Waals surface area contributed by atoms with Crippen molar-refractivity contribution < 1.29 is 14.3 Å². The summed E-state index contributed by atoms with van der Waals surface area (Å²) in [6.45, 7) is 2.36. The van der Waals surface area contributed by atoms with Crippen LogP contribution in [0.1, 0.15) is 45.4 Å². The largest absolute Gasteiger partial charge is 0.452 e. The van der Waals surface area contributed by atoms with E-state index in [1.54, 1.807) is 25.1 Å². The molecule has 0 radical (unpaired) electrons. The topological polar surface area (TPSA) is 90.3 Å². The average Bonchev–Trinajstić information content (AvgIpc) is 2.72. The van der Waals surface area contributed by atoms with Gasteiger partial charge in [-0.15, -0.1) is 0 Å². The van der Waals surface area contributed by atoms with Gasteiger partial charge in [0.25, 0.3) is 11.5 Å². The maximum atomic E-state index is 12.4. The number of para-hydroxylation sites is 1. The summed E-state index contributed by atoms with van der Waals surface area (Å²) in [5, 5.41) is 3.39. The standard InChI is InChI=1S/C21H27N3O4/c1-15(20(26)22-13-16-7-3-2-4-8-16)28-19(25)11-12-24-14-23-18-10-6-5-9-17(18)21(24)27/h5-6,9-10,14-16H,2-4,7-8,11-13H2,1H3,(H,22,26). The molecule has 1 atom stereocenters. The number of ether oxygens (including phenoxy) is 1. The van der Waals surface area contributed by atoms with Gasteiger partial charge in [-0.2, -0.15) is 0 Å². The second kappa shape index (κ2) is 9.48. The Hall–Kier alpha value is -2.70. The van der Waals surface area contributed by atoms with Crippen molar-refractivity contribution in [2.45, 2.75) is 58.1 Å². The average molecular weight is 385 g/mol. The van der Waals surface area contributed by atoms with Crippen molar-refractivity contribution in [3.05, 3.63) is 40.9 Å². The van der Waals surface area contributed by atoms with E-state index in [1.165, 1.54) is 30.2 Å². The zero-order valence-electron chi connectivity index (χ0n) is 16.2. The van der Waals surface area contributed by atoms with Crippen LogP contribution in [0, 0.1) is 5.92 Å². The molecule has 3 rings (SSSR count). The third-order valence-electron chi connectivity index (χ3n) is 5.26. The molecule has 2 aromatic rings. The minimum absolute atomic E-state index is 0.000171. The van der Waals surface area contributed by atoms with Crippen LogP contribution in [0.25, 0.3) is 10.9 Å². The van der Waals surface area contributed by atoms with Crippen LogP contribution in [0.3, 0.4) is 0 Å². The van der Waals surface area contributed by atoms with Crippen LogP contribution in [-0.4, -0.2) is 34.1 Å². The van der Waals surface area contributed by atoms with Crippen LogP contribution in [0.4, 0.5) is 0 Å². The number of benzene rings is 1. The zero-order valence-corrected chi connectivity index (χ0v) is 16.2. The molecule has 1 amide bonds. The van der Waals surface area contributed by atoms with E-state index in [4.69, 9.17) is 4.74 Å². The number of carbonyl (C=O) groups excluding carboxylic acids is 2. The molecule has 0 saturated heterocycles. The van der Waals surface area contributed by atoms with Gasteiger partial charge in [-0.05, 0) is 37.8 Å². The highest BCUT2D eigenvalue weighted by Gasteiger charge is 2.20. The first-order valence-corrected chi connectivity index (χ1v) is 9.96. The van der Waals surface area contributed by atoms with Crippen LogP contribution in [0.5, 0.6) is 0 Å². The van der Waals surface area contributed by atoms with Crippen LogP contribution in [0.2, 0.25) is 0 Å². The van der Waals surface area contributed by atoms with Gasteiger partial charge >= 0.3 is 5.97 Å². The highest BCUT2D eigenvalue weighted by atomic mass is 16.5. The number of aryl methyl sites for hydroxylation is 1. The number of nitrogens with one attached hydrogen (secondary N) is 1. The Labute approximate surface area is 164 Å². The lowest BCUT2D eigenvalue weighted by molar-refractivity contribution is -0.155. The summed E-state index contributed by atoms with van der Waals surface area (Å²) in [6, 6.07) is 7.07. The maximum absolute atomic E-state index is 12.4. The molecule has 1 aromatic heterocycles. The number of hydrogen-bond acceptors (Lipinski definition) is 5. The molecule has 1 aromatic carbocycles. The Morgan fingerprint density at radius 3 is 2.79 bits per heavy atom. The van der Waals surface area contributed by atoms with E-state index in [1.807, 2.05) is 6.07 Å². The summed E-state index contributed by atoms with van der Waals surface area (Å²) >= 11 is 0. The smallest absolute Gasteiger partial charge is 0.308 e. The third-order valence-corrected chi connectivity index (χ3v) is 5.26. The molecule has 1 aliphatic rings. The molecule has 1 unspecified atom stereocenters. The lowest BCUT2D eigenvalue weighted by Gasteiger charge is -2.22. The van der Waals surface area contributed by atoms with Gasteiger partial charge in [0, 0.05) is 13.1 Å². The Balaban J connectivity index is 1.46. The lowest BCUT2D eigenvalue weighted by Crippen LogP contribution is -2.39. The highest BCUT2D eigenvalue weighted by molar-refractivity contribution is 5.83. The van der Waals surface area contributed by atoms with Crippen LogP contribution in [-0.2, 0) is 20.9 Å². The normalized spacial score (nSPS) is 15.9. The number of hydrogen-bond donors (Lipinski definition) is 1. The molecule has 1 saturated carbocycles. The zero-order chi connectivity index (χ0) is 19.9. The number of rotatable bonds is 7. The van der Waals surface area contributed by atoms with Crippen molar-refractivity contribution in [2.24, 2.45) is 5.92 Å². The summed E-state index contributed by atoms with van der Waals surface area (Å²) < 4.78 is 6.60. The van der Waals surface area contributed by atoms with Gasteiger partial charge in [0.15, 0.2) is 6.10 Å². The highest BCUT2D eigenvalue weighted by Crippen LogP contribution is 2.22. The fraction of sp³-hybridized carbons (Fsp3) is 0.524. The molecule has 0 aliphatic heterocycles. The van der Waals surface area contributed by atoms with E-state index in [9.17, 15) is 14.4 Å². The van der Waals surface area contributed by atoms with E-state index in [0.29, 0.717) is 23.4 Å². The predicted octanol–water partition coefficient (Wildman–Crippen LogP) is 2.41. The second-order valence-corrected chi connectivity index (χ2v) is 7.39. The van der Waals surface area contributed by atoms with Crippen LogP contribution >= 0.6 is 0 Å². The molecule has 0 bridgehead atoms. The first kappa shape index (κ1) is 20.0. The molecule has 28 heavy (non-hydrogen) atoms. The molecule has 7 heteroatoms. The van der Waals surface area contributed by atoms with E-state index in [2.05, 4.69) is 10.3 Å². The molecule has 0 spiro atoms. The van der Waals surface area contributed by atoms with Crippen LogP contribution in [0.15, 0.2) is 35.4 Å². The molecule has 7 nitrogen and oxygen atoms in total. The Bertz CT molecular complexity index is 887. The van der Waals surface area contributed by atoms with Crippen molar-refractivity contribution in [2.75, 3.05) is 6.54 Å². The van der Waals surface area contributed by atoms with Gasteiger partial charge in [0.2, 0.25) is 0 Å². The fourth-order valence-electron chi connectivity index (χ4n) is 3.57. The van der Waals surface area contributed by atoms with Gasteiger partial charge in [-0.3, -0.25) is 19.0 Å². The minimum Gasteiger partial charge on any atom is -0.452 e. The van der Waals surface area contributed by atoms with Gasteiger partial charge in [0.05, 0.1) is 23.7 Å². The summed E-state index contributed by atoms with van der Waals surface area (Å²) in [4.78, 5) is 40.9. The van der Waals surface area contributed by atoms with Gasteiger partial charge in [-0.1, -0.05) is 31.4 Å². The van der Waals surface area contributed by atoms with Gasteiger partial charge in [-0.25, -0.2) is 4.98 Å². The molecule has 1 fully saturated rings. The summed E-state index contributed by atoms with van der Waals surface area (Å²) in [7, 11) is 0. The number of fused-ring (bicyclic) bond motifs is 1. The van der Waals surface area contributed by atoms with Crippen molar-refractivity contribution in [3.63, 3.8) is 0 Å². The van der Waals surface area contributed by atoms with Gasteiger partial charge in [0.1, 0.15) is 0 Å². The molecular weight excluding hydrogens is 358 g/mol. The van der Waals surface area contributed by atoms with Crippen molar-refractivity contribution in [3.8, 4) is 0 Å². The van der Waals surface area contributed by atoms with E-state index in [-0.39, 0.29) is 24.4 Å². The number of amides is 1. The minimum atomic E-state index is -0.845. The molecule has 1 aliphatic carbocycles. The van der Waals surface area contributed by atoms with E-state index in [0.717, 1.165) is 12.8 Å². The first-order valence-electron chi connectivity index (χ1n) is 9.96. The molecule has 1 N–H and O–H groups in total. The molecule has 150 valence electrons. The summed E-state index contributed by atoms with van der Waals surface area (Å²) in [5.41, 5.74) is 0.422.